The summed E-state index contributed by atoms with van der Waals surface area (Å²) in [6.07, 6.45) is 0.243. The highest BCUT2D eigenvalue weighted by atomic mass is 16.6. The van der Waals surface area contributed by atoms with E-state index in [9.17, 15) is 19.8 Å². The van der Waals surface area contributed by atoms with Crippen molar-refractivity contribution in [3.8, 4) is 11.5 Å². The number of ether oxygens (including phenoxy) is 2. The molecule has 2 amide bonds. The second-order valence-electron chi connectivity index (χ2n) is 7.06. The van der Waals surface area contributed by atoms with E-state index in [0.29, 0.717) is 17.8 Å². The zero-order valence-corrected chi connectivity index (χ0v) is 16.5. The van der Waals surface area contributed by atoms with Gasteiger partial charge in [0.25, 0.3) is 0 Å². The van der Waals surface area contributed by atoms with Crippen LogP contribution in [0.1, 0.15) is 26.7 Å². The van der Waals surface area contributed by atoms with Gasteiger partial charge in [0.15, 0.2) is 0 Å². The minimum atomic E-state index is -0.633. The van der Waals surface area contributed by atoms with Gasteiger partial charge in [-0.3, -0.25) is 10.6 Å². The van der Waals surface area contributed by atoms with Crippen LogP contribution in [0.15, 0.2) is 48.5 Å². The second-order valence-corrected chi connectivity index (χ2v) is 7.06. The minimum Gasteiger partial charge on any atom is -0.508 e. The molecule has 2 aromatic carbocycles. The molecule has 0 bridgehead atoms. The third-order valence-electron chi connectivity index (χ3n) is 4.18. The molecule has 0 atom stereocenters. The summed E-state index contributed by atoms with van der Waals surface area (Å²) in [4.78, 5) is 24.0. The topological polar surface area (TPSA) is 117 Å². The third kappa shape index (κ3) is 7.61. The Hall–Kier alpha value is -3.42. The van der Waals surface area contributed by atoms with Gasteiger partial charge >= 0.3 is 12.2 Å². The first-order chi connectivity index (χ1) is 13.8. The number of anilines is 2. The van der Waals surface area contributed by atoms with Crippen LogP contribution in [0.25, 0.3) is 0 Å². The van der Waals surface area contributed by atoms with E-state index >= 15 is 0 Å². The van der Waals surface area contributed by atoms with Crippen LogP contribution in [-0.4, -0.2) is 35.6 Å². The van der Waals surface area contributed by atoms with Gasteiger partial charge in [0, 0.05) is 16.8 Å². The van der Waals surface area contributed by atoms with E-state index < -0.39 is 17.6 Å². The lowest BCUT2D eigenvalue weighted by atomic mass is 9.87. The van der Waals surface area contributed by atoms with Crippen LogP contribution < -0.4 is 10.6 Å². The maximum Gasteiger partial charge on any atom is 0.411 e. The lowest BCUT2D eigenvalue weighted by Crippen LogP contribution is -2.33. The molecule has 0 aliphatic rings. The second kappa shape index (κ2) is 10.2. The van der Waals surface area contributed by atoms with Crippen molar-refractivity contribution in [2.24, 2.45) is 5.41 Å². The number of carbonyl (C=O) groups is 2. The molecule has 8 nitrogen and oxygen atoms in total. The predicted octanol–water partition coefficient (Wildman–Crippen LogP) is 4.70. The molecule has 0 fully saturated rings. The van der Waals surface area contributed by atoms with Gasteiger partial charge in [-0.1, -0.05) is 20.3 Å². The van der Waals surface area contributed by atoms with Crippen molar-refractivity contribution in [3.63, 3.8) is 0 Å². The Kier molecular flexibility index (Phi) is 7.70. The number of amides is 2. The quantitative estimate of drug-likeness (QED) is 0.476. The molecule has 0 saturated heterocycles. The van der Waals surface area contributed by atoms with Gasteiger partial charge in [0.2, 0.25) is 0 Å². The zero-order valence-electron chi connectivity index (χ0n) is 16.5. The SMILES string of the molecule is CCCC(C)(COC(=O)Nc1ccc(O)cc1)COC(=O)Nc1ccc(O)cc1. The molecular weight excluding hydrogens is 376 g/mol. The average molecular weight is 402 g/mol. The smallest absolute Gasteiger partial charge is 0.411 e. The number of hydrogen-bond acceptors (Lipinski definition) is 6. The number of rotatable bonds is 8. The molecule has 29 heavy (non-hydrogen) atoms. The summed E-state index contributed by atoms with van der Waals surface area (Å²) in [5.41, 5.74) is 0.442. The Bertz CT molecular complexity index is 741. The molecule has 0 heterocycles. The number of aromatic hydroxyl groups is 2. The summed E-state index contributed by atoms with van der Waals surface area (Å²) >= 11 is 0. The van der Waals surface area contributed by atoms with Crippen molar-refractivity contribution in [2.45, 2.75) is 26.7 Å². The minimum absolute atomic E-state index is 0.0667. The van der Waals surface area contributed by atoms with Crippen LogP contribution in [0.5, 0.6) is 11.5 Å². The van der Waals surface area contributed by atoms with Gasteiger partial charge < -0.3 is 19.7 Å². The number of carbonyl (C=O) groups excluding carboxylic acids is 2. The number of hydrogen-bond donors (Lipinski definition) is 4. The Morgan fingerprint density at radius 3 is 1.55 bits per heavy atom. The van der Waals surface area contributed by atoms with Crippen LogP contribution in [0.4, 0.5) is 21.0 Å². The average Bonchev–Trinajstić information content (AvgIpc) is 2.69. The van der Waals surface area contributed by atoms with Gasteiger partial charge in [0.1, 0.15) is 24.7 Å². The van der Waals surface area contributed by atoms with Crippen molar-refractivity contribution in [2.75, 3.05) is 23.8 Å². The predicted molar refractivity (Wildman–Crippen MR) is 109 cm³/mol. The summed E-state index contributed by atoms with van der Waals surface area (Å²) in [5.74, 6) is 0.198. The summed E-state index contributed by atoms with van der Waals surface area (Å²) < 4.78 is 10.6. The van der Waals surface area contributed by atoms with E-state index in [4.69, 9.17) is 9.47 Å². The monoisotopic (exact) mass is 402 g/mol. The Labute approximate surface area is 169 Å². The maximum atomic E-state index is 12.0. The molecule has 0 saturated carbocycles. The van der Waals surface area contributed by atoms with Crippen LogP contribution in [0.3, 0.4) is 0 Å². The lowest BCUT2D eigenvalue weighted by molar-refractivity contribution is 0.0394. The first-order valence-electron chi connectivity index (χ1n) is 9.25. The highest BCUT2D eigenvalue weighted by Crippen LogP contribution is 2.25. The number of benzene rings is 2. The zero-order chi connectivity index (χ0) is 21.3. The largest absolute Gasteiger partial charge is 0.508 e. The van der Waals surface area contributed by atoms with Gasteiger partial charge in [-0.05, 0) is 55.0 Å². The van der Waals surface area contributed by atoms with Crippen molar-refractivity contribution in [1.29, 1.82) is 0 Å². The van der Waals surface area contributed by atoms with Crippen LogP contribution in [0.2, 0.25) is 0 Å². The highest BCUT2D eigenvalue weighted by molar-refractivity contribution is 5.85. The van der Waals surface area contributed by atoms with E-state index in [0.717, 1.165) is 6.42 Å². The van der Waals surface area contributed by atoms with Gasteiger partial charge in [-0.25, -0.2) is 9.59 Å². The summed E-state index contributed by atoms with van der Waals surface area (Å²) in [7, 11) is 0. The third-order valence-corrected chi connectivity index (χ3v) is 4.18. The summed E-state index contributed by atoms with van der Waals surface area (Å²) in [5, 5.41) is 23.7. The molecule has 0 aliphatic carbocycles. The molecule has 4 N–H and O–H groups in total. The van der Waals surface area contributed by atoms with Crippen LogP contribution in [-0.2, 0) is 9.47 Å². The Morgan fingerprint density at radius 2 is 1.21 bits per heavy atom. The maximum absolute atomic E-state index is 12.0. The van der Waals surface area contributed by atoms with Crippen LogP contribution >= 0.6 is 0 Å². The molecule has 156 valence electrons. The normalized spacial score (nSPS) is 10.8. The highest BCUT2D eigenvalue weighted by Gasteiger charge is 2.28. The molecular formula is C21H26N2O6. The molecule has 2 aromatic rings. The van der Waals surface area contributed by atoms with Gasteiger partial charge in [-0.15, -0.1) is 0 Å². The van der Waals surface area contributed by atoms with Gasteiger partial charge in [-0.2, -0.15) is 0 Å². The number of nitrogens with one attached hydrogen (secondary N) is 2. The van der Waals surface area contributed by atoms with Crippen molar-refractivity contribution < 1.29 is 29.3 Å². The van der Waals surface area contributed by atoms with Crippen molar-refractivity contribution >= 4 is 23.6 Å². The molecule has 0 aromatic heterocycles. The molecule has 0 aliphatic heterocycles. The van der Waals surface area contributed by atoms with Crippen molar-refractivity contribution in [1.82, 2.24) is 0 Å². The number of phenols is 2. The van der Waals surface area contributed by atoms with Crippen molar-refractivity contribution in [3.05, 3.63) is 48.5 Å². The van der Waals surface area contributed by atoms with E-state index in [2.05, 4.69) is 10.6 Å². The van der Waals surface area contributed by atoms with E-state index in [1.807, 2.05) is 13.8 Å². The van der Waals surface area contributed by atoms with Crippen LogP contribution in [0, 0.1) is 5.41 Å². The fourth-order valence-electron chi connectivity index (χ4n) is 2.67. The summed E-state index contributed by atoms with van der Waals surface area (Å²) in [6, 6.07) is 12.0. The fraction of sp³-hybridized carbons (Fsp3) is 0.333. The number of phenolic OH excluding ortho intramolecular Hbond substituents is 2. The van der Waals surface area contributed by atoms with E-state index in [1.54, 1.807) is 24.3 Å². The summed E-state index contributed by atoms with van der Waals surface area (Å²) in [6.45, 7) is 4.00. The Balaban J connectivity index is 1.83. The molecule has 0 spiro atoms. The van der Waals surface area contributed by atoms with E-state index in [1.165, 1.54) is 24.3 Å². The fourth-order valence-corrected chi connectivity index (χ4v) is 2.67. The van der Waals surface area contributed by atoms with Gasteiger partial charge in [0.05, 0.1) is 0 Å². The molecule has 8 heteroatoms. The lowest BCUT2D eigenvalue weighted by Gasteiger charge is -2.28. The first kappa shape index (κ1) is 21.9. The molecule has 2 rings (SSSR count). The standard InChI is InChI=1S/C21H26N2O6/c1-3-12-21(2,13-28-19(26)22-15-4-8-17(24)9-5-15)14-29-20(27)23-16-6-10-18(25)11-7-16/h4-11,24-25H,3,12-14H2,1-2H3,(H,22,26)(H,23,27). The first-order valence-corrected chi connectivity index (χ1v) is 9.25. The molecule has 0 unspecified atom stereocenters. The van der Waals surface area contributed by atoms with E-state index in [-0.39, 0.29) is 24.7 Å². The Morgan fingerprint density at radius 1 is 0.828 bits per heavy atom. The molecule has 0 radical (unpaired) electrons.